The molecule has 6 nitrogen and oxygen atoms in total. The molecule has 0 N–H and O–H groups in total. The SMILES string of the molecule is COc1ccc(N2CCN(C(C)c3nnc(-c4ccccc4)o3)CC2)cc1. The average molecular weight is 364 g/mol. The lowest BCUT2D eigenvalue weighted by atomic mass is 10.2. The van der Waals surface area contributed by atoms with Gasteiger partial charge in [-0.2, -0.15) is 0 Å². The first-order valence-electron chi connectivity index (χ1n) is 9.26. The molecule has 0 saturated carbocycles. The minimum absolute atomic E-state index is 0.105. The largest absolute Gasteiger partial charge is 0.497 e. The van der Waals surface area contributed by atoms with Crippen LogP contribution in [0.5, 0.6) is 5.75 Å². The predicted octanol–water partition coefficient (Wildman–Crippen LogP) is 3.63. The number of ether oxygens (including phenoxy) is 1. The first kappa shape index (κ1) is 17.5. The molecule has 0 radical (unpaired) electrons. The van der Waals surface area contributed by atoms with Crippen LogP contribution in [0.3, 0.4) is 0 Å². The van der Waals surface area contributed by atoms with E-state index in [1.54, 1.807) is 7.11 Å². The second-order valence-corrected chi connectivity index (χ2v) is 6.71. The normalized spacial score (nSPS) is 16.3. The number of benzene rings is 2. The Hall–Kier alpha value is -2.86. The first-order valence-corrected chi connectivity index (χ1v) is 9.26. The van der Waals surface area contributed by atoms with Crippen molar-refractivity contribution >= 4 is 5.69 Å². The third kappa shape index (κ3) is 3.80. The van der Waals surface area contributed by atoms with Crippen molar-refractivity contribution in [2.45, 2.75) is 13.0 Å². The van der Waals surface area contributed by atoms with E-state index >= 15 is 0 Å². The standard InChI is InChI=1S/C21H24N4O2/c1-16(20-22-23-21(27-20)17-6-4-3-5-7-17)24-12-14-25(15-13-24)18-8-10-19(26-2)11-9-18/h3-11,16H,12-15H2,1-2H3. The fourth-order valence-corrected chi connectivity index (χ4v) is 3.42. The Balaban J connectivity index is 1.38. The van der Waals surface area contributed by atoms with Crippen LogP contribution in [-0.4, -0.2) is 48.4 Å². The summed E-state index contributed by atoms with van der Waals surface area (Å²) in [5, 5.41) is 8.49. The molecule has 1 unspecified atom stereocenters. The molecule has 0 amide bonds. The molecule has 3 aromatic rings. The quantitative estimate of drug-likeness (QED) is 0.689. The zero-order valence-electron chi connectivity index (χ0n) is 15.7. The first-order chi connectivity index (χ1) is 13.2. The molecule has 2 aromatic carbocycles. The van der Waals surface area contributed by atoms with E-state index in [0.717, 1.165) is 37.5 Å². The number of nitrogens with zero attached hydrogens (tertiary/aromatic N) is 4. The molecule has 6 heteroatoms. The molecule has 1 saturated heterocycles. The molecule has 0 spiro atoms. The highest BCUT2D eigenvalue weighted by Crippen LogP contribution is 2.26. The molecule has 0 bridgehead atoms. The van der Waals surface area contributed by atoms with Crippen LogP contribution >= 0.6 is 0 Å². The zero-order chi connectivity index (χ0) is 18.6. The predicted molar refractivity (Wildman–Crippen MR) is 105 cm³/mol. The highest BCUT2D eigenvalue weighted by molar-refractivity contribution is 5.52. The van der Waals surface area contributed by atoms with Gasteiger partial charge in [0.1, 0.15) is 5.75 Å². The van der Waals surface area contributed by atoms with Crippen molar-refractivity contribution in [3.8, 4) is 17.2 Å². The van der Waals surface area contributed by atoms with Crippen molar-refractivity contribution in [3.63, 3.8) is 0 Å². The molecule has 2 heterocycles. The minimum atomic E-state index is 0.105. The Morgan fingerprint density at radius 3 is 2.30 bits per heavy atom. The molecule has 27 heavy (non-hydrogen) atoms. The Morgan fingerprint density at radius 2 is 1.63 bits per heavy atom. The van der Waals surface area contributed by atoms with Crippen LogP contribution in [0.1, 0.15) is 18.9 Å². The molecule has 140 valence electrons. The van der Waals surface area contributed by atoms with Gasteiger partial charge in [0, 0.05) is 37.4 Å². The Labute approximate surface area is 159 Å². The van der Waals surface area contributed by atoms with E-state index in [1.807, 2.05) is 42.5 Å². The maximum atomic E-state index is 5.93. The molecule has 1 fully saturated rings. The summed E-state index contributed by atoms with van der Waals surface area (Å²) in [5.41, 5.74) is 2.18. The smallest absolute Gasteiger partial charge is 0.247 e. The summed E-state index contributed by atoms with van der Waals surface area (Å²) in [6.45, 7) is 5.98. The van der Waals surface area contributed by atoms with Crippen LogP contribution in [0.25, 0.3) is 11.5 Å². The summed E-state index contributed by atoms with van der Waals surface area (Å²) in [6.07, 6.45) is 0. The number of aromatic nitrogens is 2. The molecule has 1 atom stereocenters. The lowest BCUT2D eigenvalue weighted by Gasteiger charge is -2.38. The van der Waals surface area contributed by atoms with E-state index in [-0.39, 0.29) is 6.04 Å². The Kier molecular flexibility index (Phi) is 5.07. The van der Waals surface area contributed by atoms with Gasteiger partial charge >= 0.3 is 0 Å². The second kappa shape index (κ2) is 7.80. The fraction of sp³-hybridized carbons (Fsp3) is 0.333. The zero-order valence-corrected chi connectivity index (χ0v) is 15.7. The van der Waals surface area contributed by atoms with Crippen molar-refractivity contribution in [3.05, 3.63) is 60.5 Å². The lowest BCUT2D eigenvalue weighted by molar-refractivity contribution is 0.174. The Morgan fingerprint density at radius 1 is 0.926 bits per heavy atom. The van der Waals surface area contributed by atoms with E-state index in [4.69, 9.17) is 9.15 Å². The Bertz CT molecular complexity index is 855. The van der Waals surface area contributed by atoms with Gasteiger partial charge in [0.25, 0.3) is 0 Å². The highest BCUT2D eigenvalue weighted by Gasteiger charge is 2.26. The number of hydrogen-bond acceptors (Lipinski definition) is 6. The van der Waals surface area contributed by atoms with Gasteiger partial charge in [-0.15, -0.1) is 10.2 Å². The minimum Gasteiger partial charge on any atom is -0.497 e. The van der Waals surface area contributed by atoms with E-state index in [9.17, 15) is 0 Å². The summed E-state index contributed by atoms with van der Waals surface area (Å²) in [4.78, 5) is 4.79. The van der Waals surface area contributed by atoms with Crippen LogP contribution in [0.4, 0.5) is 5.69 Å². The van der Waals surface area contributed by atoms with Crippen LogP contribution in [0.15, 0.2) is 59.0 Å². The van der Waals surface area contributed by atoms with Crippen LogP contribution < -0.4 is 9.64 Å². The van der Waals surface area contributed by atoms with E-state index in [0.29, 0.717) is 11.8 Å². The monoisotopic (exact) mass is 364 g/mol. The van der Waals surface area contributed by atoms with Gasteiger partial charge in [-0.1, -0.05) is 18.2 Å². The molecule has 4 rings (SSSR count). The molecular weight excluding hydrogens is 340 g/mol. The van der Waals surface area contributed by atoms with Crippen LogP contribution in [-0.2, 0) is 0 Å². The van der Waals surface area contributed by atoms with Gasteiger partial charge in [0.05, 0.1) is 13.2 Å². The second-order valence-electron chi connectivity index (χ2n) is 6.71. The van der Waals surface area contributed by atoms with Crippen LogP contribution in [0.2, 0.25) is 0 Å². The number of anilines is 1. The van der Waals surface area contributed by atoms with Gasteiger partial charge < -0.3 is 14.1 Å². The third-order valence-electron chi connectivity index (χ3n) is 5.12. The molecule has 0 aliphatic carbocycles. The van der Waals surface area contributed by atoms with Crippen molar-refractivity contribution in [1.82, 2.24) is 15.1 Å². The highest BCUT2D eigenvalue weighted by atomic mass is 16.5. The van der Waals surface area contributed by atoms with E-state index in [2.05, 4.69) is 39.1 Å². The number of piperazine rings is 1. The molecule has 1 aliphatic heterocycles. The van der Waals surface area contributed by atoms with Crippen molar-refractivity contribution < 1.29 is 9.15 Å². The van der Waals surface area contributed by atoms with Crippen molar-refractivity contribution in [2.75, 3.05) is 38.2 Å². The van der Waals surface area contributed by atoms with Gasteiger partial charge in [-0.3, -0.25) is 4.90 Å². The number of methoxy groups -OCH3 is 1. The topological polar surface area (TPSA) is 54.6 Å². The summed E-state index contributed by atoms with van der Waals surface area (Å²) < 4.78 is 11.2. The maximum Gasteiger partial charge on any atom is 0.247 e. The number of rotatable bonds is 5. The summed E-state index contributed by atoms with van der Waals surface area (Å²) in [6, 6.07) is 18.2. The van der Waals surface area contributed by atoms with Gasteiger partial charge in [0.2, 0.25) is 11.8 Å². The van der Waals surface area contributed by atoms with Crippen molar-refractivity contribution in [2.24, 2.45) is 0 Å². The fourth-order valence-electron chi connectivity index (χ4n) is 3.42. The third-order valence-corrected chi connectivity index (χ3v) is 5.12. The lowest BCUT2D eigenvalue weighted by Crippen LogP contribution is -2.47. The molecule has 1 aromatic heterocycles. The molecular formula is C21H24N4O2. The molecule has 1 aliphatic rings. The van der Waals surface area contributed by atoms with Gasteiger partial charge in [-0.05, 0) is 43.3 Å². The van der Waals surface area contributed by atoms with Crippen LogP contribution in [0, 0.1) is 0 Å². The van der Waals surface area contributed by atoms with E-state index < -0.39 is 0 Å². The summed E-state index contributed by atoms with van der Waals surface area (Å²) in [7, 11) is 1.69. The summed E-state index contributed by atoms with van der Waals surface area (Å²) in [5.74, 6) is 2.14. The number of hydrogen-bond donors (Lipinski definition) is 0. The van der Waals surface area contributed by atoms with E-state index in [1.165, 1.54) is 5.69 Å². The van der Waals surface area contributed by atoms with Gasteiger partial charge in [-0.25, -0.2) is 0 Å². The average Bonchev–Trinajstić information content (AvgIpc) is 3.24. The van der Waals surface area contributed by atoms with Crippen molar-refractivity contribution in [1.29, 1.82) is 0 Å². The summed E-state index contributed by atoms with van der Waals surface area (Å²) >= 11 is 0. The maximum absolute atomic E-state index is 5.93. The van der Waals surface area contributed by atoms with Gasteiger partial charge in [0.15, 0.2) is 0 Å².